The van der Waals surface area contributed by atoms with E-state index < -0.39 is 0 Å². The van der Waals surface area contributed by atoms with Gasteiger partial charge >= 0.3 is 0 Å². The van der Waals surface area contributed by atoms with Gasteiger partial charge in [0.25, 0.3) is 0 Å². The van der Waals surface area contributed by atoms with Crippen LogP contribution in [-0.2, 0) is 16.3 Å². The Morgan fingerprint density at radius 3 is 2.85 bits per heavy atom. The molecule has 0 aliphatic carbocycles. The summed E-state index contributed by atoms with van der Waals surface area (Å²) in [5.41, 5.74) is 1.39. The molecule has 3 heteroatoms. The maximum Gasteiger partial charge on any atom is 0.0844 e. The Morgan fingerprint density at radius 2 is 2.15 bits per heavy atom. The Balaban J connectivity index is 1.90. The van der Waals surface area contributed by atoms with Crippen molar-refractivity contribution in [3.05, 3.63) is 22.4 Å². The number of hydrogen-bond donors (Lipinski definition) is 0. The molecule has 2 nitrogen and oxygen atoms in total. The van der Waals surface area contributed by atoms with Crippen molar-refractivity contribution in [2.75, 3.05) is 19.8 Å². The Morgan fingerprint density at radius 1 is 1.31 bits per heavy atom. The van der Waals surface area contributed by atoms with E-state index in [4.69, 9.17) is 4.74 Å². The number of ether oxygens (including phenoxy) is 1. The van der Waals surface area contributed by atoms with Gasteiger partial charge in [-0.25, -0.2) is 5.11 Å². The topological polar surface area (TPSA) is 29.1 Å². The fourth-order valence-electron chi connectivity index (χ4n) is 1.08. The Hall–Kier alpha value is -0.380. The summed E-state index contributed by atoms with van der Waals surface area (Å²) in [4.78, 5) is 0. The standard InChI is InChI=1S/C10H15O2S/c11-5-2-7-12-6-1-3-10-4-8-13-9-10/h4,8-9H,1-3,5-7H2. The molecule has 1 rings (SSSR count). The highest BCUT2D eigenvalue weighted by molar-refractivity contribution is 7.07. The fraction of sp³-hybridized carbons (Fsp3) is 0.600. The summed E-state index contributed by atoms with van der Waals surface area (Å²) in [5.74, 6) is 0. The molecule has 0 aliphatic rings. The predicted octanol–water partition coefficient (Wildman–Crippen LogP) is 2.52. The minimum absolute atomic E-state index is 0.0233. The van der Waals surface area contributed by atoms with Crippen LogP contribution in [0, 0.1) is 0 Å². The molecule has 0 aliphatic heterocycles. The smallest absolute Gasteiger partial charge is 0.0844 e. The highest BCUT2D eigenvalue weighted by atomic mass is 32.1. The summed E-state index contributed by atoms with van der Waals surface area (Å²) in [6.07, 6.45) is 2.77. The van der Waals surface area contributed by atoms with Crippen LogP contribution in [0.3, 0.4) is 0 Å². The molecule has 0 atom stereocenters. The largest absolute Gasteiger partial charge is 0.381 e. The van der Waals surface area contributed by atoms with E-state index in [1.807, 2.05) is 0 Å². The van der Waals surface area contributed by atoms with Gasteiger partial charge in [-0.2, -0.15) is 11.3 Å². The quantitative estimate of drug-likeness (QED) is 0.620. The van der Waals surface area contributed by atoms with Crippen LogP contribution in [0.1, 0.15) is 18.4 Å². The first-order chi connectivity index (χ1) is 6.43. The molecule has 73 valence electrons. The Bertz CT molecular complexity index is 197. The highest BCUT2D eigenvalue weighted by Crippen LogP contribution is 2.08. The lowest BCUT2D eigenvalue weighted by Crippen LogP contribution is -1.99. The van der Waals surface area contributed by atoms with Gasteiger partial charge in [-0.1, -0.05) is 0 Å². The van der Waals surface area contributed by atoms with E-state index in [2.05, 4.69) is 16.8 Å². The lowest BCUT2D eigenvalue weighted by Gasteiger charge is -2.01. The highest BCUT2D eigenvalue weighted by Gasteiger charge is 1.93. The second-order valence-electron chi connectivity index (χ2n) is 2.91. The van der Waals surface area contributed by atoms with Crippen molar-refractivity contribution in [1.82, 2.24) is 0 Å². The minimum Gasteiger partial charge on any atom is -0.381 e. The van der Waals surface area contributed by atoms with E-state index in [0.717, 1.165) is 19.4 Å². The van der Waals surface area contributed by atoms with Crippen LogP contribution < -0.4 is 0 Å². The molecule has 0 amide bonds. The van der Waals surface area contributed by atoms with Crippen molar-refractivity contribution in [3.63, 3.8) is 0 Å². The molecule has 13 heavy (non-hydrogen) atoms. The zero-order valence-corrected chi connectivity index (χ0v) is 8.52. The number of thiophene rings is 1. The van der Waals surface area contributed by atoms with Crippen LogP contribution in [0.2, 0.25) is 0 Å². The third-order valence-electron chi connectivity index (χ3n) is 1.77. The summed E-state index contributed by atoms with van der Waals surface area (Å²) in [7, 11) is 0. The van der Waals surface area contributed by atoms with Gasteiger partial charge in [0.05, 0.1) is 6.61 Å². The molecular weight excluding hydrogens is 184 g/mol. The zero-order chi connectivity index (χ0) is 9.36. The van der Waals surface area contributed by atoms with E-state index >= 15 is 0 Å². The van der Waals surface area contributed by atoms with Crippen LogP contribution in [0.25, 0.3) is 0 Å². The van der Waals surface area contributed by atoms with Crippen molar-refractivity contribution < 1.29 is 9.84 Å². The summed E-state index contributed by atoms with van der Waals surface area (Å²) >= 11 is 1.73. The average molecular weight is 199 g/mol. The third kappa shape index (κ3) is 5.03. The van der Waals surface area contributed by atoms with Gasteiger partial charge in [0.2, 0.25) is 0 Å². The number of aryl methyl sites for hydroxylation is 1. The van der Waals surface area contributed by atoms with Gasteiger partial charge in [0, 0.05) is 13.2 Å². The van der Waals surface area contributed by atoms with Crippen LogP contribution in [0.4, 0.5) is 0 Å². The van der Waals surface area contributed by atoms with E-state index in [0.29, 0.717) is 13.0 Å². The lowest BCUT2D eigenvalue weighted by molar-refractivity contribution is 0.0976. The van der Waals surface area contributed by atoms with E-state index in [-0.39, 0.29) is 6.61 Å². The van der Waals surface area contributed by atoms with Crippen LogP contribution in [-0.4, -0.2) is 19.8 Å². The molecule has 1 aromatic rings. The molecule has 0 saturated heterocycles. The van der Waals surface area contributed by atoms with Crippen molar-refractivity contribution in [2.24, 2.45) is 0 Å². The summed E-state index contributed by atoms with van der Waals surface area (Å²) in [6.45, 7) is 1.37. The molecule has 0 bridgehead atoms. The molecule has 0 fully saturated rings. The van der Waals surface area contributed by atoms with Gasteiger partial charge in [0.15, 0.2) is 0 Å². The first-order valence-electron chi connectivity index (χ1n) is 4.60. The van der Waals surface area contributed by atoms with E-state index in [9.17, 15) is 5.11 Å². The normalized spacial score (nSPS) is 10.5. The van der Waals surface area contributed by atoms with E-state index in [1.54, 1.807) is 11.3 Å². The molecule has 0 unspecified atom stereocenters. The summed E-state index contributed by atoms with van der Waals surface area (Å²) in [5, 5.41) is 14.3. The Labute approximate surface area is 83.2 Å². The van der Waals surface area contributed by atoms with Crippen LogP contribution in [0.5, 0.6) is 0 Å². The Kier molecular flexibility index (Phi) is 5.81. The van der Waals surface area contributed by atoms with Crippen molar-refractivity contribution in [1.29, 1.82) is 0 Å². The number of hydrogen-bond acceptors (Lipinski definition) is 2. The maximum absolute atomic E-state index is 10.1. The zero-order valence-electron chi connectivity index (χ0n) is 7.70. The van der Waals surface area contributed by atoms with Crippen LogP contribution >= 0.6 is 11.3 Å². The molecule has 1 radical (unpaired) electrons. The van der Waals surface area contributed by atoms with Gasteiger partial charge in [-0.05, 0) is 41.7 Å². The summed E-state index contributed by atoms with van der Waals surface area (Å²) in [6, 6.07) is 2.14. The monoisotopic (exact) mass is 199 g/mol. The minimum atomic E-state index is -0.0233. The first-order valence-corrected chi connectivity index (χ1v) is 5.54. The SMILES string of the molecule is [O]CCCOCCCc1ccsc1. The molecule has 0 N–H and O–H groups in total. The second kappa shape index (κ2) is 7.06. The molecule has 0 aromatic carbocycles. The van der Waals surface area contributed by atoms with Gasteiger partial charge < -0.3 is 4.74 Å². The van der Waals surface area contributed by atoms with Gasteiger partial charge in [0.1, 0.15) is 0 Å². The number of rotatable bonds is 7. The molecule has 0 spiro atoms. The van der Waals surface area contributed by atoms with Crippen molar-refractivity contribution in [3.8, 4) is 0 Å². The fourth-order valence-corrected chi connectivity index (χ4v) is 1.78. The van der Waals surface area contributed by atoms with Crippen LogP contribution in [0.15, 0.2) is 16.8 Å². The molecule has 1 aromatic heterocycles. The second-order valence-corrected chi connectivity index (χ2v) is 3.69. The predicted molar refractivity (Wildman–Crippen MR) is 53.6 cm³/mol. The van der Waals surface area contributed by atoms with E-state index in [1.165, 1.54) is 5.56 Å². The van der Waals surface area contributed by atoms with Gasteiger partial charge in [-0.15, -0.1) is 0 Å². The molecular formula is C10H15O2S. The lowest BCUT2D eigenvalue weighted by atomic mass is 10.2. The molecule has 0 saturated carbocycles. The maximum atomic E-state index is 10.1. The third-order valence-corrected chi connectivity index (χ3v) is 2.50. The first kappa shape index (κ1) is 10.7. The summed E-state index contributed by atoms with van der Waals surface area (Å²) < 4.78 is 5.28. The molecule has 1 heterocycles. The van der Waals surface area contributed by atoms with Crippen molar-refractivity contribution in [2.45, 2.75) is 19.3 Å². The van der Waals surface area contributed by atoms with Crippen molar-refractivity contribution >= 4 is 11.3 Å². The van der Waals surface area contributed by atoms with Gasteiger partial charge in [-0.3, -0.25) is 0 Å². The average Bonchev–Trinajstić information content (AvgIpc) is 2.63.